The Morgan fingerprint density at radius 1 is 1.21 bits per heavy atom. The molecule has 0 aliphatic rings. The molecule has 0 spiro atoms. The Morgan fingerprint density at radius 2 is 2.00 bits per heavy atom. The van der Waals surface area contributed by atoms with Crippen LogP contribution in [-0.2, 0) is 16.1 Å². The number of aryl methyl sites for hydroxylation is 2. The van der Waals surface area contributed by atoms with Gasteiger partial charge in [-0.25, -0.2) is 4.98 Å². The normalized spacial score (nSPS) is 12.0. The fraction of sp³-hybridized carbons (Fsp3) is 0.192. The van der Waals surface area contributed by atoms with E-state index in [1.807, 2.05) is 43.3 Å². The highest BCUT2D eigenvalue weighted by Crippen LogP contribution is 2.13. The lowest BCUT2D eigenvalue weighted by Crippen LogP contribution is -2.30. The van der Waals surface area contributed by atoms with Gasteiger partial charge in [0.25, 0.3) is 11.5 Å². The summed E-state index contributed by atoms with van der Waals surface area (Å²) in [5.41, 5.74) is 2.56. The monoisotopic (exact) mass is 453 g/mol. The van der Waals surface area contributed by atoms with Crippen LogP contribution in [0.3, 0.4) is 0 Å². The predicted molar refractivity (Wildman–Crippen MR) is 129 cm³/mol. The van der Waals surface area contributed by atoms with Crippen molar-refractivity contribution in [3.8, 4) is 6.07 Å². The lowest BCUT2D eigenvalue weighted by Gasteiger charge is -2.14. The molecule has 0 N–H and O–H groups in total. The Bertz CT molecular complexity index is 1570. The van der Waals surface area contributed by atoms with E-state index in [1.54, 1.807) is 30.0 Å². The number of pyridine rings is 2. The number of hydrogen-bond donors (Lipinski definition) is 0. The smallest absolute Gasteiger partial charge is 0.271 e. The molecule has 8 heteroatoms. The Hall–Kier alpha value is -4.35. The van der Waals surface area contributed by atoms with E-state index in [-0.39, 0.29) is 22.0 Å². The van der Waals surface area contributed by atoms with Crippen LogP contribution >= 0.6 is 0 Å². The fourth-order valence-corrected chi connectivity index (χ4v) is 3.74. The van der Waals surface area contributed by atoms with Crippen LogP contribution in [0.15, 0.2) is 70.6 Å². The third kappa shape index (κ3) is 4.56. The maximum absolute atomic E-state index is 13.3. The van der Waals surface area contributed by atoms with Crippen molar-refractivity contribution in [2.45, 2.75) is 19.9 Å². The Balaban J connectivity index is 1.97. The van der Waals surface area contributed by atoms with Crippen molar-refractivity contribution in [1.29, 1.82) is 5.26 Å². The number of amides is 1. The number of rotatable bonds is 6. The first-order valence-electron chi connectivity index (χ1n) is 10.8. The number of nitriles is 1. The quantitative estimate of drug-likeness (QED) is 0.254. The predicted octanol–water partition coefficient (Wildman–Crippen LogP) is 3.01. The molecular weight excluding hydrogens is 430 g/mol. The maximum Gasteiger partial charge on any atom is 0.271 e. The van der Waals surface area contributed by atoms with E-state index in [4.69, 9.17) is 9.72 Å². The van der Waals surface area contributed by atoms with Crippen molar-refractivity contribution in [2.24, 2.45) is 4.99 Å². The van der Waals surface area contributed by atoms with Gasteiger partial charge in [-0.1, -0.05) is 36.4 Å². The highest BCUT2D eigenvalue weighted by Gasteiger charge is 2.15. The van der Waals surface area contributed by atoms with Gasteiger partial charge < -0.3 is 9.30 Å². The first kappa shape index (κ1) is 22.8. The number of fused-ring (bicyclic) bond motifs is 2. The summed E-state index contributed by atoms with van der Waals surface area (Å²) in [4.78, 5) is 34.9. The van der Waals surface area contributed by atoms with Gasteiger partial charge in [0, 0.05) is 32.5 Å². The summed E-state index contributed by atoms with van der Waals surface area (Å²) in [5, 5.41) is 10.1. The second-order valence-electron chi connectivity index (χ2n) is 7.72. The van der Waals surface area contributed by atoms with Gasteiger partial charge in [-0.15, -0.1) is 0 Å². The molecular formula is C26H23N5O3. The molecule has 0 saturated heterocycles. The second kappa shape index (κ2) is 10.1. The molecule has 0 unspecified atom stereocenters. The molecule has 1 amide bonds. The number of benzene rings is 1. The SMILES string of the molecule is COCCCn1c(=NC(=O)C=Cc2ccccc2)c(C#N)cc2c(=O)n3cccc(C)c3nc21. The number of carbonyl (C=O) groups is 1. The largest absolute Gasteiger partial charge is 0.385 e. The summed E-state index contributed by atoms with van der Waals surface area (Å²) < 4.78 is 8.30. The van der Waals surface area contributed by atoms with Crippen LogP contribution in [-0.4, -0.2) is 33.6 Å². The molecule has 0 bridgehead atoms. The molecule has 170 valence electrons. The zero-order valence-corrected chi connectivity index (χ0v) is 18.9. The van der Waals surface area contributed by atoms with E-state index in [1.165, 1.54) is 16.5 Å². The van der Waals surface area contributed by atoms with Crippen LogP contribution < -0.4 is 11.0 Å². The number of nitrogens with zero attached hydrogens (tertiary/aromatic N) is 5. The van der Waals surface area contributed by atoms with E-state index >= 15 is 0 Å². The number of carbonyl (C=O) groups excluding carboxylic acids is 1. The number of hydrogen-bond acceptors (Lipinski definition) is 5. The molecule has 8 nitrogen and oxygen atoms in total. The molecule has 1 aromatic carbocycles. The molecule has 0 saturated carbocycles. The van der Waals surface area contributed by atoms with E-state index in [2.05, 4.69) is 11.1 Å². The molecule has 4 rings (SSSR count). The molecule has 0 aliphatic carbocycles. The van der Waals surface area contributed by atoms with Crippen LogP contribution in [0.1, 0.15) is 23.1 Å². The van der Waals surface area contributed by atoms with Gasteiger partial charge in [-0.3, -0.25) is 14.0 Å². The lowest BCUT2D eigenvalue weighted by molar-refractivity contribution is -0.113. The van der Waals surface area contributed by atoms with Crippen molar-refractivity contribution in [3.05, 3.63) is 93.3 Å². The molecule has 3 aromatic heterocycles. The highest BCUT2D eigenvalue weighted by molar-refractivity contribution is 5.92. The topological polar surface area (TPSA) is 102 Å². The molecule has 4 aromatic rings. The van der Waals surface area contributed by atoms with Crippen molar-refractivity contribution in [1.82, 2.24) is 14.0 Å². The van der Waals surface area contributed by atoms with Crippen LogP contribution in [0.4, 0.5) is 0 Å². The van der Waals surface area contributed by atoms with Crippen LogP contribution in [0.2, 0.25) is 0 Å². The van der Waals surface area contributed by atoms with Crippen molar-refractivity contribution >= 4 is 28.7 Å². The molecule has 34 heavy (non-hydrogen) atoms. The van der Waals surface area contributed by atoms with Crippen LogP contribution in [0.5, 0.6) is 0 Å². The minimum absolute atomic E-state index is 0.123. The molecule has 0 radical (unpaired) electrons. The number of aromatic nitrogens is 3. The standard InChI is InChI=1S/C26H23N5O3/c1-18-8-6-13-31-23(18)29-25-21(26(31)33)16-20(17-27)24(30(25)14-7-15-34-2)28-22(32)12-11-19-9-4-3-5-10-19/h3-6,8-13,16H,7,14-15H2,1-2H3. The van der Waals surface area contributed by atoms with Crippen molar-refractivity contribution in [3.63, 3.8) is 0 Å². The van der Waals surface area contributed by atoms with E-state index in [0.717, 1.165) is 11.1 Å². The third-order valence-corrected chi connectivity index (χ3v) is 5.39. The highest BCUT2D eigenvalue weighted by atomic mass is 16.5. The van der Waals surface area contributed by atoms with Gasteiger partial charge in [0.2, 0.25) is 0 Å². The zero-order chi connectivity index (χ0) is 24.1. The molecule has 0 atom stereocenters. The number of methoxy groups -OCH3 is 1. The van der Waals surface area contributed by atoms with Crippen molar-refractivity contribution < 1.29 is 9.53 Å². The molecule has 0 fully saturated rings. The summed E-state index contributed by atoms with van der Waals surface area (Å²) in [7, 11) is 1.60. The third-order valence-electron chi connectivity index (χ3n) is 5.39. The van der Waals surface area contributed by atoms with E-state index in [0.29, 0.717) is 30.9 Å². The first-order valence-corrected chi connectivity index (χ1v) is 10.8. The molecule has 0 aliphatic heterocycles. The summed E-state index contributed by atoms with van der Waals surface area (Å²) in [6.07, 6.45) is 5.24. The Kier molecular flexibility index (Phi) is 6.76. The Labute approximate surface area is 195 Å². The average molecular weight is 454 g/mol. The minimum Gasteiger partial charge on any atom is -0.385 e. The van der Waals surface area contributed by atoms with Gasteiger partial charge in [0.1, 0.15) is 17.4 Å². The van der Waals surface area contributed by atoms with Crippen LogP contribution in [0.25, 0.3) is 22.8 Å². The first-order chi connectivity index (χ1) is 16.5. The van der Waals surface area contributed by atoms with E-state index in [9.17, 15) is 14.9 Å². The Morgan fingerprint density at radius 3 is 2.74 bits per heavy atom. The van der Waals surface area contributed by atoms with Crippen LogP contribution in [0, 0.1) is 18.3 Å². The van der Waals surface area contributed by atoms with Crippen molar-refractivity contribution in [2.75, 3.05) is 13.7 Å². The van der Waals surface area contributed by atoms with Gasteiger partial charge >= 0.3 is 0 Å². The minimum atomic E-state index is -0.520. The van der Waals surface area contributed by atoms with Gasteiger partial charge in [0.15, 0.2) is 5.49 Å². The fourth-order valence-electron chi connectivity index (χ4n) is 3.74. The van der Waals surface area contributed by atoms with Gasteiger partial charge in [0.05, 0.1) is 10.9 Å². The zero-order valence-electron chi connectivity index (χ0n) is 18.9. The maximum atomic E-state index is 13.3. The molecule has 3 heterocycles. The summed E-state index contributed by atoms with van der Waals surface area (Å²) in [6.45, 7) is 2.69. The summed E-state index contributed by atoms with van der Waals surface area (Å²) in [6, 6.07) is 16.6. The summed E-state index contributed by atoms with van der Waals surface area (Å²) in [5.74, 6) is -0.520. The van der Waals surface area contributed by atoms with E-state index < -0.39 is 5.91 Å². The summed E-state index contributed by atoms with van der Waals surface area (Å²) >= 11 is 0. The number of ether oxygens (including phenoxy) is 1. The van der Waals surface area contributed by atoms with Gasteiger partial charge in [-0.2, -0.15) is 10.3 Å². The van der Waals surface area contributed by atoms with Gasteiger partial charge in [-0.05, 0) is 42.7 Å². The average Bonchev–Trinajstić information content (AvgIpc) is 2.85. The lowest BCUT2D eigenvalue weighted by atomic mass is 10.2. The second-order valence-corrected chi connectivity index (χ2v) is 7.72.